The molecule has 1 aromatic carbocycles. The van der Waals surface area contributed by atoms with Crippen molar-refractivity contribution in [1.29, 1.82) is 0 Å². The van der Waals surface area contributed by atoms with E-state index in [1.165, 1.54) is 38.5 Å². The van der Waals surface area contributed by atoms with E-state index in [-0.39, 0.29) is 24.0 Å². The zero-order chi connectivity index (χ0) is 15.5. The largest absolute Gasteiger partial charge is 0.495 e. The van der Waals surface area contributed by atoms with Crippen molar-refractivity contribution >= 4 is 47.2 Å². The van der Waals surface area contributed by atoms with Gasteiger partial charge in [-0.25, -0.2) is 4.99 Å². The molecule has 2 atom stereocenters. The molecule has 0 amide bonds. The van der Waals surface area contributed by atoms with Gasteiger partial charge < -0.3 is 15.8 Å². The Morgan fingerprint density at radius 2 is 2.04 bits per heavy atom. The van der Waals surface area contributed by atoms with Crippen molar-refractivity contribution in [3.05, 3.63) is 23.2 Å². The monoisotopic (exact) mass is 449 g/mol. The molecule has 0 aromatic heterocycles. The van der Waals surface area contributed by atoms with Gasteiger partial charge in [0.15, 0.2) is 5.96 Å². The second-order valence-electron chi connectivity index (χ2n) is 6.35. The molecule has 128 valence electrons. The number of nitrogens with two attached hydrogens (primary N) is 1. The van der Waals surface area contributed by atoms with Gasteiger partial charge in [-0.15, -0.1) is 24.0 Å². The molecule has 0 aliphatic heterocycles. The molecule has 0 radical (unpaired) electrons. The second kappa shape index (κ2) is 8.42. The lowest BCUT2D eigenvalue weighted by Crippen LogP contribution is -2.23. The van der Waals surface area contributed by atoms with Crippen LogP contribution in [0.3, 0.4) is 0 Å². The summed E-state index contributed by atoms with van der Waals surface area (Å²) in [6, 6.07) is 5.91. The first kappa shape index (κ1) is 18.6. The third-order valence-corrected chi connectivity index (χ3v) is 5.08. The quantitative estimate of drug-likeness (QED) is 0.399. The minimum absolute atomic E-state index is 0. The van der Waals surface area contributed by atoms with Crippen molar-refractivity contribution in [2.75, 3.05) is 12.4 Å². The third-order valence-electron chi connectivity index (χ3n) is 4.79. The minimum Gasteiger partial charge on any atom is -0.495 e. The van der Waals surface area contributed by atoms with Crippen LogP contribution in [0.25, 0.3) is 0 Å². The summed E-state index contributed by atoms with van der Waals surface area (Å²) < 4.78 is 5.14. The van der Waals surface area contributed by atoms with Gasteiger partial charge in [0, 0.05) is 5.69 Å². The van der Waals surface area contributed by atoms with E-state index in [1.807, 2.05) is 12.1 Å². The van der Waals surface area contributed by atoms with Crippen molar-refractivity contribution in [1.82, 2.24) is 0 Å². The number of hydrogen-bond donors (Lipinski definition) is 2. The molecule has 2 saturated carbocycles. The number of aliphatic imine (C=N–C) groups is 1. The van der Waals surface area contributed by atoms with Crippen LogP contribution in [0, 0.1) is 11.8 Å². The number of ether oxygens (including phenoxy) is 1. The topological polar surface area (TPSA) is 59.6 Å². The normalized spacial score (nSPS) is 24.7. The van der Waals surface area contributed by atoms with Crippen LogP contribution in [0.2, 0.25) is 5.02 Å². The van der Waals surface area contributed by atoms with Crippen LogP contribution in [0.5, 0.6) is 5.75 Å². The highest BCUT2D eigenvalue weighted by Gasteiger charge is 2.43. The summed E-state index contributed by atoms with van der Waals surface area (Å²) in [5.41, 5.74) is 6.86. The smallest absolute Gasteiger partial charge is 0.193 e. The molecule has 0 bridgehead atoms. The van der Waals surface area contributed by atoms with E-state index in [9.17, 15) is 0 Å². The Balaban J connectivity index is 0.00000192. The molecular weight excluding hydrogens is 425 g/mol. The fourth-order valence-corrected chi connectivity index (χ4v) is 3.78. The molecule has 1 aromatic rings. The van der Waals surface area contributed by atoms with Crippen LogP contribution in [-0.4, -0.2) is 19.1 Å². The Morgan fingerprint density at radius 3 is 2.70 bits per heavy atom. The number of benzene rings is 1. The summed E-state index contributed by atoms with van der Waals surface area (Å²) >= 11 is 6.11. The summed E-state index contributed by atoms with van der Waals surface area (Å²) in [5, 5.41) is 3.68. The summed E-state index contributed by atoms with van der Waals surface area (Å²) in [5.74, 6) is 2.75. The maximum Gasteiger partial charge on any atom is 0.193 e. The first-order valence-corrected chi connectivity index (χ1v) is 8.49. The maximum absolute atomic E-state index is 6.11. The fourth-order valence-electron chi connectivity index (χ4n) is 3.52. The average molecular weight is 450 g/mol. The van der Waals surface area contributed by atoms with Gasteiger partial charge in [-0.3, -0.25) is 0 Å². The summed E-state index contributed by atoms with van der Waals surface area (Å²) in [4.78, 5) is 4.62. The average Bonchev–Trinajstić information content (AvgIpc) is 3.27. The van der Waals surface area contributed by atoms with Gasteiger partial charge in [0.2, 0.25) is 0 Å². The molecule has 0 spiro atoms. The zero-order valence-electron chi connectivity index (χ0n) is 13.4. The summed E-state index contributed by atoms with van der Waals surface area (Å²) in [7, 11) is 1.60. The third kappa shape index (κ3) is 4.89. The van der Waals surface area contributed by atoms with Crippen LogP contribution in [-0.2, 0) is 0 Å². The van der Waals surface area contributed by atoms with Crippen LogP contribution < -0.4 is 15.8 Å². The number of halogens is 2. The lowest BCUT2D eigenvalue weighted by molar-refractivity contribution is 0.318. The van der Waals surface area contributed by atoms with Crippen LogP contribution in [0.15, 0.2) is 23.2 Å². The van der Waals surface area contributed by atoms with E-state index in [1.54, 1.807) is 13.2 Å². The molecule has 6 heteroatoms. The first-order chi connectivity index (χ1) is 10.7. The lowest BCUT2D eigenvalue weighted by atomic mass is 9.85. The molecule has 3 N–H and O–H groups in total. The number of nitrogens with zero attached hydrogens (tertiary/aromatic N) is 1. The highest BCUT2D eigenvalue weighted by Crippen LogP contribution is 2.46. The van der Waals surface area contributed by atoms with Crippen molar-refractivity contribution in [3.63, 3.8) is 0 Å². The molecule has 2 unspecified atom stereocenters. The van der Waals surface area contributed by atoms with Gasteiger partial charge in [0.05, 0.1) is 18.2 Å². The predicted molar refractivity (Wildman–Crippen MR) is 107 cm³/mol. The van der Waals surface area contributed by atoms with E-state index >= 15 is 0 Å². The number of rotatable bonds is 4. The number of methoxy groups -OCH3 is 1. The van der Waals surface area contributed by atoms with Gasteiger partial charge in [-0.05, 0) is 36.5 Å². The Morgan fingerprint density at radius 1 is 1.30 bits per heavy atom. The molecule has 0 saturated heterocycles. The minimum atomic E-state index is 0. The predicted octanol–water partition coefficient (Wildman–Crippen LogP) is 4.66. The SMILES string of the molecule is COc1ccc(NC(N)=NC2CC2C2CCCCC2)cc1Cl.I. The van der Waals surface area contributed by atoms with E-state index < -0.39 is 0 Å². The number of anilines is 1. The number of guanidine groups is 1. The molecule has 2 aliphatic rings. The first-order valence-electron chi connectivity index (χ1n) is 8.11. The van der Waals surface area contributed by atoms with E-state index in [4.69, 9.17) is 22.1 Å². The Bertz CT molecular complexity index is 561. The second-order valence-corrected chi connectivity index (χ2v) is 6.76. The van der Waals surface area contributed by atoms with Crippen LogP contribution in [0.4, 0.5) is 5.69 Å². The van der Waals surface area contributed by atoms with Gasteiger partial charge in [-0.2, -0.15) is 0 Å². The highest BCUT2D eigenvalue weighted by molar-refractivity contribution is 14.0. The van der Waals surface area contributed by atoms with Gasteiger partial charge in [-0.1, -0.05) is 43.7 Å². The Labute approximate surface area is 160 Å². The molecule has 0 heterocycles. The van der Waals surface area contributed by atoms with Crippen LogP contribution >= 0.6 is 35.6 Å². The molecule has 3 rings (SSSR count). The number of hydrogen-bond acceptors (Lipinski definition) is 2. The van der Waals surface area contributed by atoms with Crippen molar-refractivity contribution < 1.29 is 4.74 Å². The summed E-state index contributed by atoms with van der Waals surface area (Å²) in [6.07, 6.45) is 8.11. The van der Waals surface area contributed by atoms with Gasteiger partial charge in [0.1, 0.15) is 5.75 Å². The van der Waals surface area contributed by atoms with E-state index in [2.05, 4.69) is 10.3 Å². The lowest BCUT2D eigenvalue weighted by Gasteiger charge is -2.21. The van der Waals surface area contributed by atoms with Gasteiger partial charge >= 0.3 is 0 Å². The van der Waals surface area contributed by atoms with Crippen molar-refractivity contribution in [3.8, 4) is 5.75 Å². The molecule has 23 heavy (non-hydrogen) atoms. The van der Waals surface area contributed by atoms with Crippen LogP contribution in [0.1, 0.15) is 38.5 Å². The molecule has 2 fully saturated rings. The standard InChI is InChI=1S/C17H24ClN3O.HI/c1-22-16-8-7-12(9-14(16)18)20-17(19)21-15-10-13(15)11-5-3-2-4-6-11;/h7-9,11,13,15H,2-6,10H2,1H3,(H3,19,20,21);1H. The molecular formula is C17H25ClIN3O. The fraction of sp³-hybridized carbons (Fsp3) is 0.588. The van der Waals surface area contributed by atoms with Crippen molar-refractivity contribution in [2.24, 2.45) is 22.6 Å². The zero-order valence-corrected chi connectivity index (χ0v) is 16.5. The van der Waals surface area contributed by atoms with Gasteiger partial charge in [0.25, 0.3) is 0 Å². The Hall–Kier alpha value is -0.690. The Kier molecular flexibility index (Phi) is 6.83. The highest BCUT2D eigenvalue weighted by atomic mass is 127. The maximum atomic E-state index is 6.11. The number of nitrogens with one attached hydrogen (secondary N) is 1. The van der Waals surface area contributed by atoms with E-state index in [0.717, 1.165) is 17.5 Å². The summed E-state index contributed by atoms with van der Waals surface area (Å²) in [6.45, 7) is 0. The van der Waals surface area contributed by atoms with Crippen molar-refractivity contribution in [2.45, 2.75) is 44.6 Å². The molecule has 4 nitrogen and oxygen atoms in total. The van der Waals surface area contributed by atoms with E-state index in [0.29, 0.717) is 22.8 Å². The molecule has 2 aliphatic carbocycles.